The van der Waals surface area contributed by atoms with Crippen molar-refractivity contribution in [2.24, 2.45) is 0 Å². The zero-order valence-electron chi connectivity index (χ0n) is 9.69. The number of hydrogen-bond donors (Lipinski definition) is 2. The number of hydrogen-bond acceptors (Lipinski definition) is 3. The third kappa shape index (κ3) is 4.59. The molecule has 1 heterocycles. The molecule has 1 fully saturated rings. The molecule has 2 N–H and O–H groups in total. The summed E-state index contributed by atoms with van der Waals surface area (Å²) in [4.78, 5) is 10.7. The van der Waals surface area contributed by atoms with Crippen LogP contribution in [0.15, 0.2) is 0 Å². The highest BCUT2D eigenvalue weighted by molar-refractivity contribution is 5.73. The Labute approximate surface area is 90.6 Å². The van der Waals surface area contributed by atoms with Crippen LogP contribution in [0, 0.1) is 0 Å². The molecule has 0 aromatic carbocycles. The van der Waals surface area contributed by atoms with E-state index in [4.69, 9.17) is 9.84 Å². The van der Waals surface area contributed by atoms with Gasteiger partial charge in [0.2, 0.25) is 0 Å². The Balaban J connectivity index is 2.17. The minimum Gasteiger partial charge on any atom is -0.480 e. The van der Waals surface area contributed by atoms with Crippen molar-refractivity contribution in [2.75, 3.05) is 40.8 Å². The minimum atomic E-state index is -0.785. The molecular weight excluding hydrogens is 196 g/mol. The molecule has 0 bridgehead atoms. The average Bonchev–Trinajstić information content (AvgIpc) is 2.50. The topological polar surface area (TPSA) is 58.6 Å². The molecule has 2 atom stereocenters. The van der Waals surface area contributed by atoms with E-state index < -0.39 is 12.0 Å². The molecule has 0 spiro atoms. The fourth-order valence-electron chi connectivity index (χ4n) is 1.51. The summed E-state index contributed by atoms with van der Waals surface area (Å²) in [5, 5.41) is 11.7. The van der Waals surface area contributed by atoms with Crippen molar-refractivity contribution in [1.29, 1.82) is 0 Å². The standard InChI is InChI=1S/C10H20N2O3/c1-12(2,3)4-5-15-8-6-9(10(13)14)11-7-8/h8-9,11H,4-7H2,1-3H3/p+1/t8-,9+/m0/s1. The molecule has 0 saturated carbocycles. The van der Waals surface area contributed by atoms with Crippen LogP contribution in [-0.4, -0.2) is 68.5 Å². The molecule has 1 saturated heterocycles. The van der Waals surface area contributed by atoms with Crippen LogP contribution >= 0.6 is 0 Å². The number of quaternary nitrogens is 1. The lowest BCUT2D eigenvalue weighted by atomic mass is 10.2. The Morgan fingerprint density at radius 1 is 1.53 bits per heavy atom. The van der Waals surface area contributed by atoms with Crippen molar-refractivity contribution in [3.05, 3.63) is 0 Å². The van der Waals surface area contributed by atoms with Crippen molar-refractivity contribution < 1.29 is 19.1 Å². The lowest BCUT2D eigenvalue weighted by Crippen LogP contribution is -2.38. The first-order valence-corrected chi connectivity index (χ1v) is 5.27. The molecule has 15 heavy (non-hydrogen) atoms. The number of nitrogens with zero attached hydrogens (tertiary/aromatic N) is 1. The molecule has 1 aliphatic rings. The molecule has 5 heteroatoms. The molecule has 88 valence electrons. The van der Waals surface area contributed by atoms with Gasteiger partial charge in [0.25, 0.3) is 0 Å². The van der Waals surface area contributed by atoms with Crippen molar-refractivity contribution in [3.8, 4) is 0 Å². The van der Waals surface area contributed by atoms with Crippen molar-refractivity contribution in [3.63, 3.8) is 0 Å². The van der Waals surface area contributed by atoms with Crippen molar-refractivity contribution in [1.82, 2.24) is 5.32 Å². The molecule has 0 radical (unpaired) electrons. The highest BCUT2D eigenvalue weighted by Gasteiger charge is 2.29. The van der Waals surface area contributed by atoms with Crippen LogP contribution in [0.5, 0.6) is 0 Å². The fraction of sp³-hybridized carbons (Fsp3) is 0.900. The van der Waals surface area contributed by atoms with Gasteiger partial charge in [0.05, 0.1) is 33.9 Å². The number of carbonyl (C=O) groups is 1. The van der Waals surface area contributed by atoms with Crippen LogP contribution in [-0.2, 0) is 9.53 Å². The predicted molar refractivity (Wildman–Crippen MR) is 56.7 cm³/mol. The quantitative estimate of drug-likeness (QED) is 0.611. The van der Waals surface area contributed by atoms with Gasteiger partial charge in [-0.2, -0.15) is 0 Å². The van der Waals surface area contributed by atoms with E-state index in [0.717, 1.165) is 11.0 Å². The minimum absolute atomic E-state index is 0.0534. The van der Waals surface area contributed by atoms with Gasteiger partial charge in [0, 0.05) is 13.0 Å². The maximum atomic E-state index is 10.7. The molecule has 0 aromatic rings. The molecule has 0 aliphatic carbocycles. The summed E-state index contributed by atoms with van der Waals surface area (Å²) in [7, 11) is 6.32. The van der Waals surface area contributed by atoms with E-state index in [1.807, 2.05) is 0 Å². The summed E-state index contributed by atoms with van der Waals surface area (Å²) in [6, 6.07) is -0.431. The van der Waals surface area contributed by atoms with E-state index >= 15 is 0 Å². The number of carboxylic acid groups (broad SMARTS) is 1. The highest BCUT2D eigenvalue weighted by atomic mass is 16.5. The Hall–Kier alpha value is -0.650. The normalized spacial score (nSPS) is 26.9. The van der Waals surface area contributed by atoms with Crippen LogP contribution in [0.2, 0.25) is 0 Å². The molecule has 0 amide bonds. The second-order valence-corrected chi connectivity index (χ2v) is 5.04. The first-order chi connectivity index (χ1) is 6.88. The van der Waals surface area contributed by atoms with E-state index in [-0.39, 0.29) is 6.10 Å². The molecular formula is C10H21N2O3+. The highest BCUT2D eigenvalue weighted by Crippen LogP contribution is 2.10. The lowest BCUT2D eigenvalue weighted by molar-refractivity contribution is -0.870. The van der Waals surface area contributed by atoms with Gasteiger partial charge >= 0.3 is 5.97 Å². The van der Waals surface area contributed by atoms with E-state index in [9.17, 15) is 4.79 Å². The van der Waals surface area contributed by atoms with Crippen LogP contribution < -0.4 is 5.32 Å². The number of likely N-dealkylation sites (N-methyl/N-ethyl adjacent to an activating group) is 1. The van der Waals surface area contributed by atoms with Crippen molar-refractivity contribution >= 4 is 5.97 Å². The second-order valence-electron chi connectivity index (χ2n) is 5.04. The molecule has 5 nitrogen and oxygen atoms in total. The lowest BCUT2D eigenvalue weighted by Gasteiger charge is -2.24. The maximum Gasteiger partial charge on any atom is 0.320 e. The summed E-state index contributed by atoms with van der Waals surface area (Å²) < 4.78 is 6.48. The second kappa shape index (κ2) is 4.92. The Morgan fingerprint density at radius 2 is 2.20 bits per heavy atom. The fourth-order valence-corrected chi connectivity index (χ4v) is 1.51. The predicted octanol–water partition coefficient (Wildman–Crippen LogP) is -0.476. The van der Waals surface area contributed by atoms with Crippen LogP contribution in [0.3, 0.4) is 0 Å². The van der Waals surface area contributed by atoms with Crippen molar-refractivity contribution in [2.45, 2.75) is 18.6 Å². The summed E-state index contributed by atoms with van der Waals surface area (Å²) in [5.41, 5.74) is 0. The number of nitrogens with one attached hydrogen (secondary N) is 1. The van der Waals surface area contributed by atoms with Gasteiger partial charge in [-0.15, -0.1) is 0 Å². The summed E-state index contributed by atoms with van der Waals surface area (Å²) in [6.07, 6.45) is 0.629. The number of ether oxygens (including phenoxy) is 1. The molecule has 0 unspecified atom stereocenters. The number of carboxylic acids is 1. The number of rotatable bonds is 5. The summed E-state index contributed by atoms with van der Waals surface area (Å²) in [5.74, 6) is -0.785. The first kappa shape index (κ1) is 12.4. The van der Waals surface area contributed by atoms with Gasteiger partial charge in [-0.25, -0.2) is 0 Å². The molecule has 1 aliphatic heterocycles. The van der Waals surface area contributed by atoms with E-state index in [1.54, 1.807) is 0 Å². The third-order valence-corrected chi connectivity index (χ3v) is 2.50. The van der Waals surface area contributed by atoms with E-state index in [0.29, 0.717) is 19.6 Å². The van der Waals surface area contributed by atoms with Crippen LogP contribution in [0.4, 0.5) is 0 Å². The van der Waals surface area contributed by atoms with Gasteiger partial charge in [0.1, 0.15) is 12.6 Å². The van der Waals surface area contributed by atoms with Gasteiger partial charge in [-0.1, -0.05) is 0 Å². The average molecular weight is 217 g/mol. The Kier molecular flexibility index (Phi) is 4.07. The SMILES string of the molecule is C[N+](C)(C)CCO[C@@H]1CN[C@@H](C(=O)O)C1. The Morgan fingerprint density at radius 3 is 2.67 bits per heavy atom. The summed E-state index contributed by atoms with van der Waals surface area (Å²) in [6.45, 7) is 2.27. The first-order valence-electron chi connectivity index (χ1n) is 5.27. The monoisotopic (exact) mass is 217 g/mol. The summed E-state index contributed by atoms with van der Waals surface area (Å²) >= 11 is 0. The Bertz CT molecular complexity index is 225. The maximum absolute atomic E-state index is 10.7. The largest absolute Gasteiger partial charge is 0.480 e. The molecule has 1 rings (SSSR count). The van der Waals surface area contributed by atoms with Crippen LogP contribution in [0.25, 0.3) is 0 Å². The van der Waals surface area contributed by atoms with Crippen LogP contribution in [0.1, 0.15) is 6.42 Å². The van der Waals surface area contributed by atoms with Gasteiger partial charge in [-0.05, 0) is 0 Å². The molecule has 0 aromatic heterocycles. The number of aliphatic carboxylic acids is 1. The van der Waals surface area contributed by atoms with Gasteiger partial charge in [0.15, 0.2) is 0 Å². The van der Waals surface area contributed by atoms with E-state index in [1.165, 1.54) is 0 Å². The zero-order chi connectivity index (χ0) is 11.5. The third-order valence-electron chi connectivity index (χ3n) is 2.50. The van der Waals surface area contributed by atoms with Gasteiger partial charge in [-0.3, -0.25) is 4.79 Å². The smallest absolute Gasteiger partial charge is 0.320 e. The van der Waals surface area contributed by atoms with E-state index in [2.05, 4.69) is 26.5 Å². The zero-order valence-corrected chi connectivity index (χ0v) is 9.69. The van der Waals surface area contributed by atoms with Gasteiger partial charge < -0.3 is 19.6 Å².